The van der Waals surface area contributed by atoms with E-state index < -0.39 is 6.63 Å². The second-order valence-corrected chi connectivity index (χ2v) is 7.66. The molecule has 0 saturated heterocycles. The molecule has 0 spiro atoms. The smallest absolute Gasteiger partial charge is 0.109 e. The summed E-state index contributed by atoms with van der Waals surface area (Å²) < 4.78 is 0.383. The van der Waals surface area contributed by atoms with Crippen LogP contribution in [0.2, 0.25) is 0 Å². The second-order valence-electron chi connectivity index (χ2n) is 1.04. The molecule has 0 atom stereocenters. The average molecular weight is 209 g/mol. The second kappa shape index (κ2) is 5.49. The minimum atomic E-state index is -0.794. The highest BCUT2D eigenvalue weighted by molar-refractivity contribution is 8.30. The van der Waals surface area contributed by atoms with Crippen molar-refractivity contribution < 1.29 is 0 Å². The molecule has 0 aromatic carbocycles. The first kappa shape index (κ1) is 9.71. The monoisotopic (exact) mass is 208 g/mol. The van der Waals surface area contributed by atoms with Crippen LogP contribution in [0, 0.1) is 0 Å². The molecular formula is C3H7Cl2PS2. The maximum Gasteiger partial charge on any atom is 0.109 e. The van der Waals surface area contributed by atoms with Crippen LogP contribution < -0.4 is 0 Å². The van der Waals surface area contributed by atoms with Crippen molar-refractivity contribution >= 4 is 52.6 Å². The first-order valence-electron chi connectivity index (χ1n) is 1.88. The zero-order valence-corrected chi connectivity index (χ0v) is 8.64. The Morgan fingerprint density at radius 1 is 1.25 bits per heavy atom. The Morgan fingerprint density at radius 2 is 1.62 bits per heavy atom. The largest absolute Gasteiger partial charge is 0.144 e. The highest BCUT2D eigenvalue weighted by atomic mass is 35.9. The Hall–Kier alpha value is 1.71. The van der Waals surface area contributed by atoms with E-state index in [4.69, 9.17) is 22.5 Å². The average Bonchev–Trinajstić information content (AvgIpc) is 1.69. The number of thioether (sulfide) groups is 2. The lowest BCUT2D eigenvalue weighted by Crippen LogP contribution is -1.82. The molecule has 0 unspecified atom stereocenters. The minimum Gasteiger partial charge on any atom is -0.144 e. The van der Waals surface area contributed by atoms with Gasteiger partial charge in [0, 0.05) is 0 Å². The van der Waals surface area contributed by atoms with E-state index in [-0.39, 0.29) is 0 Å². The van der Waals surface area contributed by atoms with Crippen LogP contribution in [0.5, 0.6) is 0 Å². The van der Waals surface area contributed by atoms with Crippen molar-refractivity contribution in [2.75, 3.05) is 12.5 Å². The first-order valence-corrected chi connectivity index (χ1v) is 7.68. The van der Waals surface area contributed by atoms with E-state index in [9.17, 15) is 0 Å². The Kier molecular flexibility index (Phi) is 6.67. The highest BCUT2D eigenvalue weighted by Gasteiger charge is 2.12. The fourth-order valence-corrected chi connectivity index (χ4v) is 5.17. The molecule has 0 aliphatic heterocycles. The molecule has 50 valence electrons. The molecule has 0 aromatic heterocycles. The Balaban J connectivity index is 3.35. The Labute approximate surface area is 69.4 Å². The van der Waals surface area contributed by atoms with Gasteiger partial charge in [-0.3, -0.25) is 0 Å². The third-order valence-corrected chi connectivity index (χ3v) is 7.93. The van der Waals surface area contributed by atoms with Crippen molar-refractivity contribution in [1.82, 2.24) is 0 Å². The molecular weight excluding hydrogens is 202 g/mol. The van der Waals surface area contributed by atoms with Crippen LogP contribution >= 0.6 is 52.6 Å². The van der Waals surface area contributed by atoms with Crippen molar-refractivity contribution in [2.24, 2.45) is 0 Å². The normalized spacial score (nSPS) is 11.2. The molecule has 0 saturated carbocycles. The first-order chi connectivity index (χ1) is 3.72. The molecule has 0 fully saturated rings. The maximum atomic E-state index is 5.63. The van der Waals surface area contributed by atoms with E-state index >= 15 is 0 Å². The fourth-order valence-electron chi connectivity index (χ4n) is 0.256. The van der Waals surface area contributed by atoms with Crippen LogP contribution in [-0.2, 0) is 0 Å². The van der Waals surface area contributed by atoms with E-state index in [1.807, 2.05) is 12.5 Å². The van der Waals surface area contributed by atoms with Gasteiger partial charge in [-0.15, -0.1) is 23.5 Å². The van der Waals surface area contributed by atoms with Gasteiger partial charge >= 0.3 is 0 Å². The lowest BCUT2D eigenvalue weighted by molar-refractivity contribution is 2.03. The van der Waals surface area contributed by atoms with Gasteiger partial charge in [0.2, 0.25) is 0 Å². The number of hydrogen-bond donors (Lipinski definition) is 0. The zero-order chi connectivity index (χ0) is 6.57. The van der Waals surface area contributed by atoms with Gasteiger partial charge in [-0.05, 0) is 12.5 Å². The van der Waals surface area contributed by atoms with Gasteiger partial charge in [-0.1, -0.05) is 22.5 Å². The fraction of sp³-hybridized carbons (Fsp3) is 1.00. The molecule has 0 bridgehead atoms. The van der Waals surface area contributed by atoms with E-state index in [1.165, 1.54) is 0 Å². The summed E-state index contributed by atoms with van der Waals surface area (Å²) in [6, 6.07) is 0. The summed E-state index contributed by atoms with van der Waals surface area (Å²) in [5, 5.41) is 0. The maximum absolute atomic E-state index is 5.63. The topological polar surface area (TPSA) is 0 Å². The van der Waals surface area contributed by atoms with Gasteiger partial charge in [-0.25, -0.2) is 0 Å². The van der Waals surface area contributed by atoms with Crippen molar-refractivity contribution in [1.29, 1.82) is 0 Å². The van der Waals surface area contributed by atoms with Gasteiger partial charge in [0.25, 0.3) is 0 Å². The molecule has 5 heteroatoms. The summed E-state index contributed by atoms with van der Waals surface area (Å²) in [5.41, 5.74) is 0. The van der Waals surface area contributed by atoms with Crippen LogP contribution in [0.15, 0.2) is 0 Å². The minimum absolute atomic E-state index is 0.383. The van der Waals surface area contributed by atoms with Crippen molar-refractivity contribution in [3.05, 3.63) is 0 Å². The molecule has 0 heterocycles. The predicted molar refractivity (Wildman–Crippen MR) is 49.4 cm³/mol. The third-order valence-electron chi connectivity index (χ3n) is 0.563. The number of rotatable bonds is 3. The highest BCUT2D eigenvalue weighted by Crippen LogP contribution is 2.58. The molecule has 0 N–H and O–H groups in total. The zero-order valence-electron chi connectivity index (χ0n) is 4.60. The van der Waals surface area contributed by atoms with Gasteiger partial charge in [-0.2, -0.15) is 0 Å². The van der Waals surface area contributed by atoms with Crippen LogP contribution in [0.4, 0.5) is 0 Å². The quantitative estimate of drug-likeness (QED) is 0.512. The molecule has 0 radical (unpaired) electrons. The molecule has 0 rings (SSSR count). The van der Waals surface area contributed by atoms with Crippen LogP contribution in [-0.4, -0.2) is 16.8 Å². The van der Waals surface area contributed by atoms with Gasteiger partial charge in [0.15, 0.2) is 0 Å². The molecule has 0 aromatic rings. The summed E-state index contributed by atoms with van der Waals surface area (Å²) in [7, 11) is 0. The van der Waals surface area contributed by atoms with Crippen LogP contribution in [0.3, 0.4) is 0 Å². The van der Waals surface area contributed by atoms with Gasteiger partial charge in [0.1, 0.15) is 6.63 Å². The van der Waals surface area contributed by atoms with E-state index in [2.05, 4.69) is 0 Å². The summed E-state index contributed by atoms with van der Waals surface area (Å²) in [5.74, 6) is 0. The lowest BCUT2D eigenvalue weighted by atomic mass is 11.8. The summed E-state index contributed by atoms with van der Waals surface area (Å²) in [4.78, 5) is 0. The summed E-state index contributed by atoms with van der Waals surface area (Å²) >= 11 is 14.7. The summed E-state index contributed by atoms with van der Waals surface area (Å²) in [6.45, 7) is -0.794. The van der Waals surface area contributed by atoms with Crippen LogP contribution in [0.1, 0.15) is 0 Å². The predicted octanol–water partition coefficient (Wildman–Crippen LogP) is 3.79. The van der Waals surface area contributed by atoms with E-state index in [0.29, 0.717) is 4.32 Å². The van der Waals surface area contributed by atoms with Crippen molar-refractivity contribution in [3.63, 3.8) is 0 Å². The lowest BCUT2D eigenvalue weighted by Gasteiger charge is -2.09. The van der Waals surface area contributed by atoms with Gasteiger partial charge < -0.3 is 0 Å². The standard InChI is InChI=1S/C3H7Cl2PS2/c1-7-3(8-2)6(4)5/h3H,1-2H3. The van der Waals surface area contributed by atoms with E-state index in [0.717, 1.165) is 0 Å². The molecule has 0 aliphatic rings. The molecule has 0 amide bonds. The Morgan fingerprint density at radius 3 is 1.62 bits per heavy atom. The van der Waals surface area contributed by atoms with Crippen molar-refractivity contribution in [2.45, 2.75) is 4.32 Å². The third kappa shape index (κ3) is 3.68. The van der Waals surface area contributed by atoms with Crippen molar-refractivity contribution in [3.8, 4) is 0 Å². The molecule has 0 aliphatic carbocycles. The molecule has 8 heavy (non-hydrogen) atoms. The van der Waals surface area contributed by atoms with Crippen LogP contribution in [0.25, 0.3) is 0 Å². The Bertz CT molecular complexity index is 57.2. The van der Waals surface area contributed by atoms with Gasteiger partial charge in [0.05, 0.1) is 4.32 Å². The molecule has 0 nitrogen and oxygen atoms in total. The number of halogens is 2. The van der Waals surface area contributed by atoms with E-state index in [1.54, 1.807) is 23.5 Å². The SMILES string of the molecule is CSC(SC)P(Cl)Cl. The summed E-state index contributed by atoms with van der Waals surface area (Å²) in [6.07, 6.45) is 4.03. The number of hydrogen-bond acceptors (Lipinski definition) is 2.